The minimum Gasteiger partial charge on any atom is -0.436 e. The van der Waals surface area contributed by atoms with Gasteiger partial charge in [0.1, 0.15) is 11.0 Å². The number of anilines is 6. The first-order chi connectivity index (χ1) is 30.2. The Morgan fingerprint density at radius 1 is 0.377 bits per heavy atom. The van der Waals surface area contributed by atoms with E-state index in [1.807, 2.05) is 84.4 Å². The van der Waals surface area contributed by atoms with Crippen molar-refractivity contribution in [2.75, 3.05) is 9.80 Å². The van der Waals surface area contributed by atoms with Gasteiger partial charge in [-0.3, -0.25) is 4.98 Å². The molecule has 7 nitrogen and oxygen atoms in total. The summed E-state index contributed by atoms with van der Waals surface area (Å²) in [6.07, 6.45) is 3.67. The van der Waals surface area contributed by atoms with Crippen molar-refractivity contribution < 1.29 is 8.83 Å². The fourth-order valence-corrected chi connectivity index (χ4v) is 9.41. The molecule has 0 radical (unpaired) electrons. The second-order valence-corrected chi connectivity index (χ2v) is 16.0. The van der Waals surface area contributed by atoms with Gasteiger partial charge in [-0.25, -0.2) is 9.97 Å². The molecule has 12 rings (SSSR count). The molecule has 8 heteroatoms. The summed E-state index contributed by atoms with van der Waals surface area (Å²) in [5, 5.41) is 4.86. The van der Waals surface area contributed by atoms with E-state index in [1.54, 1.807) is 0 Å². The summed E-state index contributed by atoms with van der Waals surface area (Å²) in [4.78, 5) is 18.3. The average molecular weight is 804 g/mol. The second kappa shape index (κ2) is 14.3. The lowest BCUT2D eigenvalue weighted by Gasteiger charge is -2.26. The average Bonchev–Trinajstić information content (AvgIpc) is 4.05. The predicted octanol–water partition coefficient (Wildman–Crippen LogP) is 15.2. The minimum absolute atomic E-state index is 0.605. The summed E-state index contributed by atoms with van der Waals surface area (Å²) in [6.45, 7) is 0. The number of rotatable bonds is 8. The topological polar surface area (TPSA) is 71.4 Å². The Kier molecular flexibility index (Phi) is 8.21. The molecule has 4 heterocycles. The number of hydrogen-bond acceptors (Lipinski definition) is 8. The summed E-state index contributed by atoms with van der Waals surface area (Å²) >= 11 is 1.82. The molecule has 0 N–H and O–H groups in total. The predicted molar refractivity (Wildman–Crippen MR) is 250 cm³/mol. The number of aromatic nitrogens is 3. The highest BCUT2D eigenvalue weighted by molar-refractivity contribution is 7.26. The molecule has 0 unspecified atom stereocenters. The fraction of sp³-hybridized carbons (Fsp3) is 0. The Hall–Kier alpha value is -8.07. The second-order valence-electron chi connectivity index (χ2n) is 14.9. The van der Waals surface area contributed by atoms with E-state index in [0.717, 1.165) is 67.5 Å². The molecular formula is C53H33N5O2S. The van der Waals surface area contributed by atoms with Crippen LogP contribution in [-0.2, 0) is 0 Å². The van der Waals surface area contributed by atoms with Gasteiger partial charge in [-0.2, -0.15) is 0 Å². The molecule has 0 saturated heterocycles. The first kappa shape index (κ1) is 34.9. The summed E-state index contributed by atoms with van der Waals surface area (Å²) < 4.78 is 14.6. The number of benzene rings is 8. The Bertz CT molecular complexity index is 3310. The first-order valence-corrected chi connectivity index (χ1v) is 20.9. The van der Waals surface area contributed by atoms with E-state index in [-0.39, 0.29) is 0 Å². The van der Waals surface area contributed by atoms with Crippen molar-refractivity contribution in [3.63, 3.8) is 0 Å². The molecule has 8 aromatic carbocycles. The van der Waals surface area contributed by atoms with Crippen molar-refractivity contribution >= 4 is 98.6 Å². The van der Waals surface area contributed by atoms with E-state index in [9.17, 15) is 0 Å². The Balaban J connectivity index is 0.903. The van der Waals surface area contributed by atoms with E-state index in [1.165, 1.54) is 30.9 Å². The molecule has 0 amide bonds. The lowest BCUT2D eigenvalue weighted by molar-refractivity contribution is 0.619. The molecule has 0 fully saturated rings. The van der Waals surface area contributed by atoms with Crippen LogP contribution in [0.15, 0.2) is 209 Å². The summed E-state index contributed by atoms with van der Waals surface area (Å²) in [7, 11) is 0. The highest BCUT2D eigenvalue weighted by Gasteiger charge is 2.18. The van der Waals surface area contributed by atoms with Crippen molar-refractivity contribution in [1.29, 1.82) is 0 Å². The number of nitrogens with zero attached hydrogens (tertiary/aromatic N) is 5. The van der Waals surface area contributed by atoms with Crippen LogP contribution in [0.1, 0.15) is 0 Å². The van der Waals surface area contributed by atoms with Crippen molar-refractivity contribution in [3.8, 4) is 22.9 Å². The number of hydrogen-bond donors (Lipinski definition) is 0. The smallest absolute Gasteiger partial charge is 0.227 e. The van der Waals surface area contributed by atoms with Crippen LogP contribution < -0.4 is 9.80 Å². The van der Waals surface area contributed by atoms with Crippen LogP contribution in [0.25, 0.3) is 76.1 Å². The maximum absolute atomic E-state index is 6.08. The maximum atomic E-state index is 6.08. The van der Waals surface area contributed by atoms with Crippen LogP contribution in [0.5, 0.6) is 0 Å². The quantitative estimate of drug-likeness (QED) is 0.151. The van der Waals surface area contributed by atoms with Gasteiger partial charge in [0.25, 0.3) is 0 Å². The third-order valence-corrected chi connectivity index (χ3v) is 12.3. The molecular weight excluding hydrogens is 771 g/mol. The van der Waals surface area contributed by atoms with Gasteiger partial charge in [0.15, 0.2) is 11.2 Å². The van der Waals surface area contributed by atoms with Crippen LogP contribution >= 0.6 is 11.3 Å². The van der Waals surface area contributed by atoms with E-state index >= 15 is 0 Å². The highest BCUT2D eigenvalue weighted by atomic mass is 32.1. The van der Waals surface area contributed by atoms with Crippen molar-refractivity contribution in [2.45, 2.75) is 0 Å². The monoisotopic (exact) mass is 803 g/mol. The standard InChI is InChI=1S/C53H33N5O2S/c1-2-8-38(9-3-1)57(39-19-14-34(15-20-39)52-55-46-10-4-6-12-48(46)59-52)42-23-18-36-31-45-44-25-24-43(33-51(44)61-50(45)32-37(36)30-42)58(41-26-28-54-29-27-41)40-21-16-35(17-22-40)53-56-47-11-5-7-13-49(47)60-53/h1-33H. The molecule has 0 aliphatic carbocycles. The minimum atomic E-state index is 0.605. The van der Waals surface area contributed by atoms with Crippen LogP contribution in [0.4, 0.5) is 34.1 Å². The van der Waals surface area contributed by atoms with Gasteiger partial charge in [0.2, 0.25) is 11.8 Å². The van der Waals surface area contributed by atoms with Gasteiger partial charge in [0, 0.05) is 77.8 Å². The normalized spacial score (nSPS) is 11.6. The Labute approximate surface area is 354 Å². The summed E-state index contributed by atoms with van der Waals surface area (Å²) in [5.74, 6) is 1.22. The molecule has 0 saturated carbocycles. The van der Waals surface area contributed by atoms with Gasteiger partial charge in [0.05, 0.1) is 0 Å². The molecule has 4 aromatic heterocycles. The molecule has 0 spiro atoms. The number of para-hydroxylation sites is 5. The Morgan fingerprint density at radius 3 is 1.51 bits per heavy atom. The van der Waals surface area contributed by atoms with Gasteiger partial charge in [-0.1, -0.05) is 54.6 Å². The maximum Gasteiger partial charge on any atom is 0.227 e. The number of oxazole rings is 2. The summed E-state index contributed by atoms with van der Waals surface area (Å²) in [6, 6.07) is 65.3. The van der Waals surface area contributed by atoms with Crippen LogP contribution in [0.3, 0.4) is 0 Å². The van der Waals surface area contributed by atoms with E-state index in [2.05, 4.69) is 142 Å². The molecule has 0 atom stereocenters. The zero-order chi connectivity index (χ0) is 40.3. The molecule has 0 aliphatic heterocycles. The van der Waals surface area contributed by atoms with Crippen molar-refractivity contribution in [2.24, 2.45) is 0 Å². The largest absolute Gasteiger partial charge is 0.436 e. The summed E-state index contributed by atoms with van der Waals surface area (Å²) in [5.41, 5.74) is 11.4. The molecule has 0 bridgehead atoms. The SMILES string of the molecule is c1ccc(N(c2ccc(-c3nc4ccccc4o3)cc2)c2ccc3cc4c(cc3c2)sc2cc(N(c3ccncc3)c3ccc(-c5nc6ccccc6o5)cc3)ccc24)cc1. The van der Waals surface area contributed by atoms with Crippen LogP contribution in [0, 0.1) is 0 Å². The zero-order valence-electron chi connectivity index (χ0n) is 32.5. The van der Waals surface area contributed by atoms with E-state index < -0.39 is 0 Å². The molecule has 12 aromatic rings. The Morgan fingerprint density at radius 2 is 0.885 bits per heavy atom. The molecule has 0 aliphatic rings. The fourth-order valence-electron chi connectivity index (χ4n) is 8.24. The number of pyridine rings is 1. The first-order valence-electron chi connectivity index (χ1n) is 20.1. The molecule has 288 valence electrons. The van der Waals surface area contributed by atoms with Gasteiger partial charge < -0.3 is 18.6 Å². The molecule has 61 heavy (non-hydrogen) atoms. The van der Waals surface area contributed by atoms with Crippen molar-refractivity contribution in [1.82, 2.24) is 15.0 Å². The number of thiophene rings is 1. The van der Waals surface area contributed by atoms with Crippen LogP contribution in [-0.4, -0.2) is 15.0 Å². The van der Waals surface area contributed by atoms with E-state index in [0.29, 0.717) is 11.8 Å². The zero-order valence-corrected chi connectivity index (χ0v) is 33.3. The van der Waals surface area contributed by atoms with Gasteiger partial charge >= 0.3 is 0 Å². The highest BCUT2D eigenvalue weighted by Crippen LogP contribution is 2.43. The number of fused-ring (bicyclic) bond motifs is 6. The third kappa shape index (κ3) is 6.25. The third-order valence-electron chi connectivity index (χ3n) is 11.2. The van der Waals surface area contributed by atoms with Crippen molar-refractivity contribution in [3.05, 3.63) is 200 Å². The van der Waals surface area contributed by atoms with E-state index in [4.69, 9.17) is 18.8 Å². The van der Waals surface area contributed by atoms with Gasteiger partial charge in [-0.15, -0.1) is 11.3 Å². The van der Waals surface area contributed by atoms with Crippen LogP contribution in [0.2, 0.25) is 0 Å². The lowest BCUT2D eigenvalue weighted by atomic mass is 10.0. The van der Waals surface area contributed by atoms with Gasteiger partial charge in [-0.05, 0) is 144 Å². The lowest BCUT2D eigenvalue weighted by Crippen LogP contribution is -2.09.